The van der Waals surface area contributed by atoms with Crippen LogP contribution in [0.2, 0.25) is 0 Å². The van der Waals surface area contributed by atoms with Gasteiger partial charge in [-0.3, -0.25) is 0 Å². The maximum Gasteiger partial charge on any atom is 0.319 e. The van der Waals surface area contributed by atoms with Crippen molar-refractivity contribution in [3.8, 4) is 0 Å². The summed E-state index contributed by atoms with van der Waals surface area (Å²) in [4.78, 5) is 23.1. The van der Waals surface area contributed by atoms with Crippen molar-refractivity contribution in [2.24, 2.45) is 5.92 Å². The van der Waals surface area contributed by atoms with E-state index in [4.69, 9.17) is 0 Å². The maximum absolute atomic E-state index is 12.3. The lowest BCUT2D eigenvalue weighted by molar-refractivity contribution is 0.246. The SMILES string of the molecule is CCc1ccccc1NC(=O)NC[C@H]1CC[C@@H](Nc2nccc(N(C)C)n2)CC1. The highest BCUT2D eigenvalue weighted by Crippen LogP contribution is 2.26. The number of carbonyl (C=O) groups is 1. The molecule has 1 fully saturated rings. The minimum atomic E-state index is -0.125. The molecule has 3 N–H and O–H groups in total. The monoisotopic (exact) mass is 396 g/mol. The van der Waals surface area contributed by atoms with Crippen molar-refractivity contribution in [2.45, 2.75) is 45.1 Å². The van der Waals surface area contributed by atoms with Crippen LogP contribution in [0, 0.1) is 5.92 Å². The van der Waals surface area contributed by atoms with Crippen LogP contribution >= 0.6 is 0 Å². The molecular formula is C22H32N6O. The molecule has 29 heavy (non-hydrogen) atoms. The average molecular weight is 397 g/mol. The molecule has 0 spiro atoms. The molecule has 1 aliphatic rings. The van der Waals surface area contributed by atoms with Gasteiger partial charge in [0, 0.05) is 38.6 Å². The van der Waals surface area contributed by atoms with Gasteiger partial charge in [0.05, 0.1) is 0 Å². The van der Waals surface area contributed by atoms with Crippen LogP contribution in [0.3, 0.4) is 0 Å². The van der Waals surface area contributed by atoms with Gasteiger partial charge in [-0.15, -0.1) is 0 Å². The summed E-state index contributed by atoms with van der Waals surface area (Å²) in [5.74, 6) is 2.09. The summed E-state index contributed by atoms with van der Waals surface area (Å²) < 4.78 is 0. The smallest absolute Gasteiger partial charge is 0.319 e. The maximum atomic E-state index is 12.3. The number of rotatable bonds is 7. The number of para-hydroxylation sites is 1. The van der Waals surface area contributed by atoms with E-state index >= 15 is 0 Å². The molecule has 1 aliphatic carbocycles. The van der Waals surface area contributed by atoms with E-state index in [-0.39, 0.29) is 6.03 Å². The first kappa shape index (κ1) is 20.9. The molecule has 1 saturated carbocycles. The van der Waals surface area contributed by atoms with E-state index in [1.807, 2.05) is 49.3 Å². The number of nitrogens with zero attached hydrogens (tertiary/aromatic N) is 3. The van der Waals surface area contributed by atoms with Crippen LogP contribution in [0.4, 0.5) is 22.2 Å². The van der Waals surface area contributed by atoms with Crippen molar-refractivity contribution >= 4 is 23.5 Å². The topological polar surface area (TPSA) is 82.2 Å². The highest BCUT2D eigenvalue weighted by molar-refractivity contribution is 5.90. The molecule has 7 heteroatoms. The van der Waals surface area contributed by atoms with E-state index in [2.05, 4.69) is 32.8 Å². The fourth-order valence-corrected chi connectivity index (χ4v) is 3.72. The molecule has 2 aromatic rings. The highest BCUT2D eigenvalue weighted by Gasteiger charge is 2.22. The van der Waals surface area contributed by atoms with Gasteiger partial charge in [0.1, 0.15) is 5.82 Å². The van der Waals surface area contributed by atoms with Gasteiger partial charge in [0.15, 0.2) is 0 Å². The molecule has 7 nitrogen and oxygen atoms in total. The molecule has 0 atom stereocenters. The molecule has 156 valence electrons. The summed E-state index contributed by atoms with van der Waals surface area (Å²) in [6.45, 7) is 2.80. The number of urea groups is 1. The minimum absolute atomic E-state index is 0.125. The number of aromatic nitrogens is 2. The lowest BCUT2D eigenvalue weighted by Crippen LogP contribution is -2.36. The van der Waals surface area contributed by atoms with Gasteiger partial charge in [-0.25, -0.2) is 9.78 Å². The number of carbonyl (C=O) groups excluding carboxylic acids is 1. The zero-order chi connectivity index (χ0) is 20.6. The Balaban J connectivity index is 1.41. The Morgan fingerprint density at radius 1 is 1.14 bits per heavy atom. The molecule has 0 radical (unpaired) electrons. The van der Waals surface area contributed by atoms with Crippen molar-refractivity contribution < 1.29 is 4.79 Å². The quantitative estimate of drug-likeness (QED) is 0.661. The van der Waals surface area contributed by atoms with Gasteiger partial charge < -0.3 is 20.9 Å². The number of aryl methyl sites for hydroxylation is 1. The molecule has 2 amide bonds. The predicted molar refractivity (Wildman–Crippen MR) is 119 cm³/mol. The second-order valence-corrected chi connectivity index (χ2v) is 7.84. The summed E-state index contributed by atoms with van der Waals surface area (Å²) >= 11 is 0. The first-order valence-electron chi connectivity index (χ1n) is 10.4. The van der Waals surface area contributed by atoms with E-state index in [0.29, 0.717) is 24.5 Å². The molecule has 1 aromatic heterocycles. The van der Waals surface area contributed by atoms with Crippen LogP contribution in [0.15, 0.2) is 36.5 Å². The van der Waals surface area contributed by atoms with Crippen molar-refractivity contribution in [2.75, 3.05) is 36.2 Å². The summed E-state index contributed by atoms with van der Waals surface area (Å²) in [6, 6.07) is 10.1. The summed E-state index contributed by atoms with van der Waals surface area (Å²) in [5, 5.41) is 9.47. The van der Waals surface area contributed by atoms with Gasteiger partial charge in [0.25, 0.3) is 0 Å². The summed E-state index contributed by atoms with van der Waals surface area (Å²) in [7, 11) is 3.95. The van der Waals surface area contributed by atoms with Crippen LogP contribution in [0.5, 0.6) is 0 Å². The minimum Gasteiger partial charge on any atom is -0.363 e. The predicted octanol–water partition coefficient (Wildman–Crippen LogP) is 3.90. The van der Waals surface area contributed by atoms with Crippen LogP contribution in [0.1, 0.15) is 38.2 Å². The number of hydrogen-bond donors (Lipinski definition) is 3. The largest absolute Gasteiger partial charge is 0.363 e. The van der Waals surface area contributed by atoms with Crippen LogP contribution in [-0.4, -0.2) is 42.7 Å². The number of hydrogen-bond acceptors (Lipinski definition) is 5. The van der Waals surface area contributed by atoms with Crippen molar-refractivity contribution in [3.63, 3.8) is 0 Å². The number of amides is 2. The lowest BCUT2D eigenvalue weighted by Gasteiger charge is -2.29. The Kier molecular flexibility index (Phi) is 7.27. The molecule has 0 bridgehead atoms. The Morgan fingerprint density at radius 2 is 1.90 bits per heavy atom. The number of nitrogens with one attached hydrogen (secondary N) is 3. The molecule has 1 aromatic carbocycles. The Hall–Kier alpha value is -2.83. The van der Waals surface area contributed by atoms with Crippen LogP contribution in [-0.2, 0) is 6.42 Å². The second-order valence-electron chi connectivity index (χ2n) is 7.84. The van der Waals surface area contributed by atoms with Crippen LogP contribution in [0.25, 0.3) is 0 Å². The molecule has 3 rings (SSSR count). The third-order valence-corrected chi connectivity index (χ3v) is 5.48. The van der Waals surface area contributed by atoms with E-state index in [1.165, 1.54) is 0 Å². The third-order valence-electron chi connectivity index (χ3n) is 5.48. The van der Waals surface area contributed by atoms with Gasteiger partial charge in [-0.2, -0.15) is 4.98 Å². The van der Waals surface area contributed by atoms with Gasteiger partial charge in [-0.1, -0.05) is 25.1 Å². The zero-order valence-electron chi connectivity index (χ0n) is 17.6. The Morgan fingerprint density at radius 3 is 2.62 bits per heavy atom. The highest BCUT2D eigenvalue weighted by atomic mass is 16.2. The summed E-state index contributed by atoms with van der Waals surface area (Å²) in [6.07, 6.45) is 6.96. The van der Waals surface area contributed by atoms with Gasteiger partial charge >= 0.3 is 6.03 Å². The number of anilines is 3. The number of benzene rings is 1. The first-order chi connectivity index (χ1) is 14.0. The van der Waals surface area contributed by atoms with E-state index in [0.717, 1.165) is 49.2 Å². The lowest BCUT2D eigenvalue weighted by atomic mass is 9.86. The fourth-order valence-electron chi connectivity index (χ4n) is 3.72. The Bertz CT molecular complexity index is 801. The molecule has 0 saturated heterocycles. The summed E-state index contributed by atoms with van der Waals surface area (Å²) in [5.41, 5.74) is 2.04. The van der Waals surface area contributed by atoms with Crippen LogP contribution < -0.4 is 20.9 Å². The second kappa shape index (κ2) is 10.1. The molecule has 0 aliphatic heterocycles. The first-order valence-corrected chi connectivity index (χ1v) is 10.4. The normalized spacial score (nSPS) is 18.7. The standard InChI is InChI=1S/C22H32N6O/c1-4-17-7-5-6-8-19(17)26-22(29)24-15-16-9-11-18(12-10-16)25-21-23-14-13-20(27-21)28(2)3/h5-8,13-14,16,18H,4,9-12,15H2,1-3H3,(H,23,25,27)(H2,24,26,29)/t16-,18+. The molecule has 0 unspecified atom stereocenters. The van der Waals surface area contributed by atoms with Crippen molar-refractivity contribution in [1.82, 2.24) is 15.3 Å². The third kappa shape index (κ3) is 6.07. The average Bonchev–Trinajstić information content (AvgIpc) is 2.74. The van der Waals surface area contributed by atoms with E-state index in [9.17, 15) is 4.79 Å². The van der Waals surface area contributed by atoms with E-state index < -0.39 is 0 Å². The fraction of sp³-hybridized carbons (Fsp3) is 0.500. The Labute approximate surface area is 173 Å². The van der Waals surface area contributed by atoms with Crippen molar-refractivity contribution in [3.05, 3.63) is 42.1 Å². The van der Waals surface area contributed by atoms with E-state index in [1.54, 1.807) is 6.20 Å². The zero-order valence-corrected chi connectivity index (χ0v) is 17.6. The molecule has 1 heterocycles. The molecular weight excluding hydrogens is 364 g/mol. The van der Waals surface area contributed by atoms with Gasteiger partial charge in [-0.05, 0) is 55.7 Å². The van der Waals surface area contributed by atoms with Gasteiger partial charge in [0.2, 0.25) is 5.95 Å². The van der Waals surface area contributed by atoms with Crippen molar-refractivity contribution in [1.29, 1.82) is 0 Å².